The summed E-state index contributed by atoms with van der Waals surface area (Å²) in [6.45, 7) is 4.58. The van der Waals surface area contributed by atoms with Gasteiger partial charge in [-0.25, -0.2) is 9.78 Å². The van der Waals surface area contributed by atoms with Crippen LogP contribution in [0.15, 0.2) is 18.2 Å². The summed E-state index contributed by atoms with van der Waals surface area (Å²) in [4.78, 5) is 22.5. The molecule has 112 valence electrons. The minimum atomic E-state index is -0.899. The number of aryl methyl sites for hydroxylation is 2. The molecule has 2 aromatic rings. The quantitative estimate of drug-likeness (QED) is 0.888. The summed E-state index contributed by atoms with van der Waals surface area (Å²) >= 11 is 1.23. The molecule has 0 saturated carbocycles. The Bertz CT molecular complexity index is 640. The van der Waals surface area contributed by atoms with E-state index in [1.165, 1.54) is 11.3 Å². The fraction of sp³-hybridized carbons (Fsp3) is 0.400. The van der Waals surface area contributed by atoms with E-state index in [1.807, 2.05) is 44.0 Å². The molecular weight excluding hydrogens is 286 g/mol. The lowest BCUT2D eigenvalue weighted by atomic mass is 10.2. The zero-order valence-electron chi connectivity index (χ0n) is 12.5. The van der Waals surface area contributed by atoms with Gasteiger partial charge in [0.25, 0.3) is 0 Å². The predicted octanol–water partition coefficient (Wildman–Crippen LogP) is 3.13. The van der Waals surface area contributed by atoms with Crippen LogP contribution in [0.25, 0.3) is 0 Å². The molecule has 0 spiro atoms. The molecule has 6 heteroatoms. The molecule has 0 saturated heterocycles. The number of anilines is 1. The summed E-state index contributed by atoms with van der Waals surface area (Å²) in [7, 11) is 1.91. The van der Waals surface area contributed by atoms with E-state index in [2.05, 4.69) is 9.97 Å². The topological polar surface area (TPSA) is 66.3 Å². The van der Waals surface area contributed by atoms with Gasteiger partial charge in [-0.05, 0) is 25.5 Å². The number of hydrogen-bond acceptors (Lipinski definition) is 5. The van der Waals surface area contributed by atoms with Gasteiger partial charge in [0, 0.05) is 12.7 Å². The van der Waals surface area contributed by atoms with Crippen LogP contribution in [0, 0.1) is 6.92 Å². The van der Waals surface area contributed by atoms with Gasteiger partial charge in [-0.15, -0.1) is 0 Å². The number of aromatic nitrogens is 2. The van der Waals surface area contributed by atoms with Crippen molar-refractivity contribution < 1.29 is 9.90 Å². The molecule has 5 nitrogen and oxygen atoms in total. The summed E-state index contributed by atoms with van der Waals surface area (Å²) < 4.78 is 0. The minimum absolute atomic E-state index is 0.343. The van der Waals surface area contributed by atoms with Crippen LogP contribution in [0.4, 0.5) is 5.13 Å². The van der Waals surface area contributed by atoms with E-state index in [4.69, 9.17) is 0 Å². The fourth-order valence-electron chi connectivity index (χ4n) is 2.07. The molecule has 0 aliphatic carbocycles. The maximum atomic E-state index is 11.3. The van der Waals surface area contributed by atoms with Crippen LogP contribution in [-0.2, 0) is 13.0 Å². The highest BCUT2D eigenvalue weighted by Crippen LogP contribution is 2.27. The van der Waals surface area contributed by atoms with Crippen molar-refractivity contribution in [2.75, 3.05) is 11.9 Å². The molecule has 0 aliphatic heterocycles. The number of thiazole rings is 1. The first kappa shape index (κ1) is 15.4. The first-order valence-electron chi connectivity index (χ1n) is 6.88. The molecule has 0 atom stereocenters. The van der Waals surface area contributed by atoms with Crippen LogP contribution in [0.3, 0.4) is 0 Å². The average Bonchev–Trinajstić information content (AvgIpc) is 2.83. The third-order valence-corrected chi connectivity index (χ3v) is 4.24. The van der Waals surface area contributed by atoms with E-state index in [0.29, 0.717) is 23.5 Å². The number of carboxylic acid groups (broad SMARTS) is 1. The molecule has 2 rings (SSSR count). The second-order valence-electron chi connectivity index (χ2n) is 4.95. The van der Waals surface area contributed by atoms with Crippen LogP contribution >= 0.6 is 11.3 Å². The van der Waals surface area contributed by atoms with Crippen molar-refractivity contribution in [2.45, 2.75) is 33.2 Å². The Hall–Kier alpha value is -1.95. The van der Waals surface area contributed by atoms with Crippen molar-refractivity contribution in [3.63, 3.8) is 0 Å². The number of hydrogen-bond donors (Lipinski definition) is 1. The first-order chi connectivity index (χ1) is 10.0. The Kier molecular flexibility index (Phi) is 4.90. The van der Waals surface area contributed by atoms with Gasteiger partial charge in [0.2, 0.25) is 0 Å². The molecule has 0 radical (unpaired) electrons. The summed E-state index contributed by atoms with van der Waals surface area (Å²) in [5.41, 5.74) is 2.59. The molecule has 1 N–H and O–H groups in total. The van der Waals surface area contributed by atoms with Gasteiger partial charge >= 0.3 is 5.97 Å². The van der Waals surface area contributed by atoms with Crippen LogP contribution < -0.4 is 4.90 Å². The van der Waals surface area contributed by atoms with Gasteiger partial charge in [-0.3, -0.25) is 4.98 Å². The molecule has 0 aliphatic rings. The fourth-order valence-corrected chi connectivity index (χ4v) is 2.99. The zero-order valence-corrected chi connectivity index (χ0v) is 13.3. The number of carboxylic acids is 1. The summed E-state index contributed by atoms with van der Waals surface area (Å²) in [5, 5.41) is 9.97. The van der Waals surface area contributed by atoms with E-state index < -0.39 is 5.97 Å². The molecule has 2 heterocycles. The molecule has 2 aromatic heterocycles. The Morgan fingerprint density at radius 2 is 2.14 bits per heavy atom. The smallest absolute Gasteiger partial charge is 0.347 e. The Labute approximate surface area is 128 Å². The van der Waals surface area contributed by atoms with E-state index in [0.717, 1.165) is 22.9 Å². The molecule has 0 fully saturated rings. The highest BCUT2D eigenvalue weighted by molar-refractivity contribution is 7.17. The maximum absolute atomic E-state index is 11.3. The second-order valence-corrected chi connectivity index (χ2v) is 5.93. The molecule has 0 unspecified atom stereocenters. The maximum Gasteiger partial charge on any atom is 0.347 e. The molecule has 21 heavy (non-hydrogen) atoms. The second kappa shape index (κ2) is 6.67. The Morgan fingerprint density at radius 1 is 1.38 bits per heavy atom. The summed E-state index contributed by atoms with van der Waals surface area (Å²) in [6.07, 6.45) is 1.57. The van der Waals surface area contributed by atoms with Gasteiger partial charge in [0.15, 0.2) is 5.13 Å². The monoisotopic (exact) mass is 305 g/mol. The highest BCUT2D eigenvalue weighted by atomic mass is 32.1. The van der Waals surface area contributed by atoms with E-state index in [-0.39, 0.29) is 0 Å². The van der Waals surface area contributed by atoms with Crippen LogP contribution in [0.2, 0.25) is 0 Å². The Balaban J connectivity index is 2.20. The predicted molar refractivity (Wildman–Crippen MR) is 84.1 cm³/mol. The number of pyridine rings is 1. The lowest BCUT2D eigenvalue weighted by Gasteiger charge is -2.15. The average molecular weight is 305 g/mol. The van der Waals surface area contributed by atoms with Crippen LogP contribution in [-0.4, -0.2) is 28.1 Å². The SMILES string of the molecule is CCCc1nc(N(C)Cc2cccc(C)n2)sc1C(=O)O. The molecule has 0 amide bonds. The first-order valence-corrected chi connectivity index (χ1v) is 7.69. The third-order valence-electron chi connectivity index (χ3n) is 3.04. The number of rotatable bonds is 6. The minimum Gasteiger partial charge on any atom is -0.477 e. The van der Waals surface area contributed by atoms with Crippen LogP contribution in [0.5, 0.6) is 0 Å². The highest BCUT2D eigenvalue weighted by Gasteiger charge is 2.18. The molecule has 0 aromatic carbocycles. The van der Waals surface area contributed by atoms with Crippen molar-refractivity contribution >= 4 is 22.4 Å². The van der Waals surface area contributed by atoms with Gasteiger partial charge in [-0.2, -0.15) is 0 Å². The van der Waals surface area contributed by atoms with E-state index in [1.54, 1.807) is 0 Å². The van der Waals surface area contributed by atoms with Crippen molar-refractivity contribution in [1.29, 1.82) is 0 Å². The van der Waals surface area contributed by atoms with Gasteiger partial charge in [-0.1, -0.05) is 30.7 Å². The Morgan fingerprint density at radius 3 is 2.76 bits per heavy atom. The van der Waals surface area contributed by atoms with Crippen molar-refractivity contribution in [1.82, 2.24) is 9.97 Å². The lowest BCUT2D eigenvalue weighted by Crippen LogP contribution is -2.17. The number of aromatic carboxylic acids is 1. The lowest BCUT2D eigenvalue weighted by molar-refractivity contribution is 0.0700. The summed E-state index contributed by atoms with van der Waals surface area (Å²) in [6, 6.07) is 5.88. The van der Waals surface area contributed by atoms with Crippen molar-refractivity contribution in [3.8, 4) is 0 Å². The number of nitrogens with zero attached hydrogens (tertiary/aromatic N) is 3. The normalized spacial score (nSPS) is 10.6. The molecular formula is C15H19N3O2S. The molecule has 0 bridgehead atoms. The third kappa shape index (κ3) is 3.78. The van der Waals surface area contributed by atoms with Crippen LogP contribution in [0.1, 0.15) is 40.1 Å². The van der Waals surface area contributed by atoms with E-state index >= 15 is 0 Å². The van der Waals surface area contributed by atoms with E-state index in [9.17, 15) is 9.90 Å². The number of carbonyl (C=O) groups is 1. The van der Waals surface area contributed by atoms with Crippen molar-refractivity contribution in [2.24, 2.45) is 0 Å². The largest absolute Gasteiger partial charge is 0.477 e. The van der Waals surface area contributed by atoms with Gasteiger partial charge in [0.05, 0.1) is 17.9 Å². The van der Waals surface area contributed by atoms with Gasteiger partial charge < -0.3 is 10.0 Å². The van der Waals surface area contributed by atoms with Gasteiger partial charge in [0.1, 0.15) is 4.88 Å². The van der Waals surface area contributed by atoms with Crippen molar-refractivity contribution in [3.05, 3.63) is 40.2 Å². The standard InChI is InChI=1S/C15H19N3O2S/c1-4-6-12-13(14(19)20)21-15(17-12)18(3)9-11-8-5-7-10(2)16-11/h5,7-8H,4,6,9H2,1-3H3,(H,19,20). The zero-order chi connectivity index (χ0) is 15.4. The summed E-state index contributed by atoms with van der Waals surface area (Å²) in [5.74, 6) is -0.899.